The first-order chi connectivity index (χ1) is 15.0. The molecule has 0 bridgehead atoms. The van der Waals surface area contributed by atoms with Crippen molar-refractivity contribution in [2.24, 2.45) is 0 Å². The topological polar surface area (TPSA) is 109 Å². The van der Waals surface area contributed by atoms with E-state index in [0.29, 0.717) is 11.6 Å². The maximum absolute atomic E-state index is 12.5. The molecule has 0 atom stereocenters. The van der Waals surface area contributed by atoms with Crippen molar-refractivity contribution in [1.82, 2.24) is 25.1 Å². The summed E-state index contributed by atoms with van der Waals surface area (Å²) in [5.74, 6) is 1.31. The highest BCUT2D eigenvalue weighted by molar-refractivity contribution is 6.01. The first-order valence-electron chi connectivity index (χ1n) is 10.1. The number of nitriles is 1. The number of aromatic nitrogens is 4. The van der Waals surface area contributed by atoms with Crippen LogP contribution in [0.5, 0.6) is 5.75 Å². The van der Waals surface area contributed by atoms with Crippen LogP contribution in [0.1, 0.15) is 36.1 Å². The Balaban J connectivity index is 1.68. The largest absolute Gasteiger partial charge is 0.497 e. The minimum Gasteiger partial charge on any atom is -0.497 e. The van der Waals surface area contributed by atoms with Gasteiger partial charge in [-0.05, 0) is 62.2 Å². The fourth-order valence-electron chi connectivity index (χ4n) is 3.35. The van der Waals surface area contributed by atoms with Crippen molar-refractivity contribution in [2.45, 2.75) is 40.3 Å². The molecule has 3 rings (SSSR count). The summed E-state index contributed by atoms with van der Waals surface area (Å²) < 4.78 is 7.34. The first-order valence-corrected chi connectivity index (χ1v) is 10.1. The van der Waals surface area contributed by atoms with Gasteiger partial charge >= 0.3 is 0 Å². The molecule has 1 amide bonds. The van der Waals surface area contributed by atoms with E-state index in [9.17, 15) is 10.1 Å². The Hall–Kier alpha value is -3.86. The summed E-state index contributed by atoms with van der Waals surface area (Å²) >= 11 is 0. The van der Waals surface area contributed by atoms with Crippen LogP contribution in [0.4, 0.5) is 0 Å². The molecule has 0 aliphatic carbocycles. The van der Waals surface area contributed by atoms with E-state index in [1.54, 1.807) is 13.2 Å². The number of aromatic amines is 1. The molecule has 0 aliphatic heterocycles. The number of nitrogens with zero attached hydrogens (tertiary/aromatic N) is 4. The third-order valence-corrected chi connectivity index (χ3v) is 5.02. The van der Waals surface area contributed by atoms with Gasteiger partial charge in [-0.2, -0.15) is 10.4 Å². The molecule has 160 valence electrons. The number of hydrogen-bond donors (Lipinski definition) is 2. The molecule has 8 nitrogen and oxygen atoms in total. The summed E-state index contributed by atoms with van der Waals surface area (Å²) in [5.41, 5.74) is 3.90. The molecule has 0 radical (unpaired) electrons. The van der Waals surface area contributed by atoms with Crippen LogP contribution in [0.3, 0.4) is 0 Å². The molecular weight excluding hydrogens is 392 g/mol. The molecule has 2 N–H and O–H groups in total. The summed E-state index contributed by atoms with van der Waals surface area (Å²) in [6.45, 7) is 7.18. The van der Waals surface area contributed by atoms with Crippen LogP contribution in [0.2, 0.25) is 0 Å². The van der Waals surface area contributed by atoms with Gasteiger partial charge in [0, 0.05) is 23.5 Å². The molecular formula is C23H26N6O2. The maximum Gasteiger partial charge on any atom is 0.262 e. The number of hydrogen-bond acceptors (Lipinski definition) is 5. The second-order valence-corrected chi connectivity index (χ2v) is 7.16. The van der Waals surface area contributed by atoms with E-state index in [1.165, 1.54) is 0 Å². The van der Waals surface area contributed by atoms with Gasteiger partial charge in [-0.25, -0.2) is 4.98 Å². The minimum absolute atomic E-state index is 0.0478. The summed E-state index contributed by atoms with van der Waals surface area (Å²) in [7, 11) is 1.61. The molecule has 0 unspecified atom stereocenters. The molecule has 8 heteroatoms. The van der Waals surface area contributed by atoms with E-state index >= 15 is 0 Å². The van der Waals surface area contributed by atoms with E-state index in [-0.39, 0.29) is 12.1 Å². The number of amides is 1. The van der Waals surface area contributed by atoms with Crippen LogP contribution >= 0.6 is 0 Å². The van der Waals surface area contributed by atoms with Gasteiger partial charge in [-0.1, -0.05) is 6.92 Å². The Bertz CT molecular complexity index is 1130. The summed E-state index contributed by atoms with van der Waals surface area (Å²) in [6, 6.07) is 11.4. The standard InChI is InChI=1S/C23H26N6O2/c1-5-10-29-15(2)11-18(16(29)3)12-19(13-24)23(30)25-14-21-26-22(28-27-21)17-6-8-20(31-4)9-7-17/h6-9,11-12H,5,10,14H2,1-4H3,(H,25,30)(H,26,27,28)/b19-12-. The van der Waals surface area contributed by atoms with Crippen molar-refractivity contribution >= 4 is 12.0 Å². The molecule has 31 heavy (non-hydrogen) atoms. The smallest absolute Gasteiger partial charge is 0.262 e. The highest BCUT2D eigenvalue weighted by Crippen LogP contribution is 2.20. The van der Waals surface area contributed by atoms with Gasteiger partial charge in [0.25, 0.3) is 5.91 Å². The first kappa shape index (κ1) is 21.8. The fraction of sp³-hybridized carbons (Fsp3) is 0.304. The Morgan fingerprint density at radius 2 is 2.06 bits per heavy atom. The Morgan fingerprint density at radius 3 is 2.71 bits per heavy atom. The number of rotatable bonds is 8. The van der Waals surface area contributed by atoms with Gasteiger partial charge in [0.05, 0.1) is 13.7 Å². The number of carbonyl (C=O) groups excluding carboxylic acids is 1. The third kappa shape index (κ3) is 5.01. The number of methoxy groups -OCH3 is 1. The van der Waals surface area contributed by atoms with Gasteiger partial charge in [-0.3, -0.25) is 9.89 Å². The number of H-pyrrole nitrogens is 1. The molecule has 3 aromatic rings. The lowest BCUT2D eigenvalue weighted by Gasteiger charge is -2.07. The number of nitrogens with one attached hydrogen (secondary N) is 2. The van der Waals surface area contributed by atoms with Crippen molar-refractivity contribution in [1.29, 1.82) is 5.26 Å². The molecule has 2 heterocycles. The average Bonchev–Trinajstić information content (AvgIpc) is 3.36. The summed E-state index contributed by atoms with van der Waals surface area (Å²) in [4.78, 5) is 16.9. The highest BCUT2D eigenvalue weighted by Gasteiger charge is 2.14. The molecule has 2 aromatic heterocycles. The summed E-state index contributed by atoms with van der Waals surface area (Å²) in [5, 5.41) is 19.2. The van der Waals surface area contributed by atoms with E-state index in [1.807, 2.05) is 50.2 Å². The molecule has 0 saturated carbocycles. The van der Waals surface area contributed by atoms with E-state index < -0.39 is 5.91 Å². The van der Waals surface area contributed by atoms with Gasteiger partial charge in [0.1, 0.15) is 23.2 Å². The predicted octanol–water partition coefficient (Wildman–Crippen LogP) is 3.53. The summed E-state index contributed by atoms with van der Waals surface area (Å²) in [6.07, 6.45) is 2.65. The number of ether oxygens (including phenoxy) is 1. The quantitative estimate of drug-likeness (QED) is 0.430. The zero-order chi connectivity index (χ0) is 22.4. The molecule has 0 saturated heterocycles. The van der Waals surface area contributed by atoms with Gasteiger partial charge < -0.3 is 14.6 Å². The van der Waals surface area contributed by atoms with Gasteiger partial charge in [0.15, 0.2) is 5.82 Å². The lowest BCUT2D eigenvalue weighted by molar-refractivity contribution is -0.117. The maximum atomic E-state index is 12.5. The third-order valence-electron chi connectivity index (χ3n) is 5.02. The zero-order valence-corrected chi connectivity index (χ0v) is 18.2. The van der Waals surface area contributed by atoms with E-state index in [0.717, 1.165) is 41.2 Å². The van der Waals surface area contributed by atoms with Crippen LogP contribution in [-0.4, -0.2) is 32.8 Å². The Kier molecular flexibility index (Phi) is 6.88. The second-order valence-electron chi connectivity index (χ2n) is 7.16. The number of aryl methyl sites for hydroxylation is 1. The van der Waals surface area contributed by atoms with Crippen molar-refractivity contribution in [3.63, 3.8) is 0 Å². The second kappa shape index (κ2) is 9.76. The Labute approximate surface area is 181 Å². The molecule has 1 aromatic carbocycles. The highest BCUT2D eigenvalue weighted by atomic mass is 16.5. The number of benzene rings is 1. The average molecular weight is 419 g/mol. The monoisotopic (exact) mass is 418 g/mol. The SMILES string of the molecule is CCCn1c(C)cc(/C=C(/C#N)C(=O)NCc2nc(-c3ccc(OC)cc3)n[nH]2)c1C. The molecule has 0 aliphatic rings. The molecule has 0 spiro atoms. The van der Waals surface area contributed by atoms with Crippen LogP contribution in [0, 0.1) is 25.2 Å². The van der Waals surface area contributed by atoms with Crippen molar-refractivity contribution in [3.05, 3.63) is 58.7 Å². The van der Waals surface area contributed by atoms with Crippen LogP contribution in [0.25, 0.3) is 17.5 Å². The minimum atomic E-state index is -0.454. The van der Waals surface area contributed by atoms with Gasteiger partial charge in [0.2, 0.25) is 0 Å². The fourth-order valence-corrected chi connectivity index (χ4v) is 3.35. The van der Waals surface area contributed by atoms with Crippen LogP contribution in [0.15, 0.2) is 35.9 Å². The van der Waals surface area contributed by atoms with E-state index in [2.05, 4.69) is 32.0 Å². The van der Waals surface area contributed by atoms with Crippen LogP contribution < -0.4 is 10.1 Å². The zero-order valence-electron chi connectivity index (χ0n) is 18.2. The lowest BCUT2D eigenvalue weighted by Crippen LogP contribution is -2.24. The van der Waals surface area contributed by atoms with E-state index in [4.69, 9.17) is 4.74 Å². The Morgan fingerprint density at radius 1 is 1.32 bits per heavy atom. The van der Waals surface area contributed by atoms with Crippen molar-refractivity contribution < 1.29 is 9.53 Å². The lowest BCUT2D eigenvalue weighted by atomic mass is 10.1. The predicted molar refractivity (Wildman–Crippen MR) is 118 cm³/mol. The van der Waals surface area contributed by atoms with Crippen LogP contribution in [-0.2, 0) is 17.9 Å². The molecule has 0 fully saturated rings. The van der Waals surface area contributed by atoms with Crippen molar-refractivity contribution in [3.8, 4) is 23.2 Å². The van der Waals surface area contributed by atoms with Crippen molar-refractivity contribution in [2.75, 3.05) is 7.11 Å². The van der Waals surface area contributed by atoms with Gasteiger partial charge in [-0.15, -0.1) is 0 Å². The normalized spacial score (nSPS) is 11.3. The number of carbonyl (C=O) groups is 1.